The van der Waals surface area contributed by atoms with Crippen molar-refractivity contribution in [3.8, 4) is 0 Å². The van der Waals surface area contributed by atoms with Crippen LogP contribution in [0.5, 0.6) is 0 Å². The maximum Gasteiger partial charge on any atom is 0.410 e. The molecule has 0 bridgehead atoms. The van der Waals surface area contributed by atoms with E-state index in [-0.39, 0.29) is 6.09 Å². The van der Waals surface area contributed by atoms with Crippen molar-refractivity contribution in [1.29, 1.82) is 0 Å². The lowest BCUT2D eigenvalue weighted by atomic mass is 10.2. The van der Waals surface area contributed by atoms with E-state index in [1.54, 1.807) is 23.3 Å². The monoisotopic (exact) mass is 305 g/mol. The van der Waals surface area contributed by atoms with Gasteiger partial charge in [0.15, 0.2) is 0 Å². The van der Waals surface area contributed by atoms with Gasteiger partial charge < -0.3 is 9.64 Å². The van der Waals surface area contributed by atoms with E-state index in [1.165, 1.54) is 0 Å². The largest absolute Gasteiger partial charge is 0.444 e. The number of carbonyl (C=O) groups is 1. The molecule has 1 heterocycles. The van der Waals surface area contributed by atoms with E-state index in [2.05, 4.69) is 15.9 Å². The highest BCUT2D eigenvalue weighted by atomic mass is 79.9. The third kappa shape index (κ3) is 4.53. The molecule has 0 atom stereocenters. The number of ether oxygens (including phenoxy) is 1. The number of nitrogens with zero attached hydrogens (tertiary/aromatic N) is 1. The van der Waals surface area contributed by atoms with Crippen molar-refractivity contribution in [3.63, 3.8) is 0 Å². The molecule has 0 spiro atoms. The minimum absolute atomic E-state index is 0.294. The van der Waals surface area contributed by atoms with Gasteiger partial charge >= 0.3 is 6.09 Å². The van der Waals surface area contributed by atoms with Crippen LogP contribution in [-0.2, 0) is 11.3 Å². The molecule has 1 rings (SSSR count). The molecule has 0 unspecified atom stereocenters. The molecule has 0 aliphatic heterocycles. The van der Waals surface area contributed by atoms with E-state index < -0.39 is 5.60 Å². The van der Waals surface area contributed by atoms with Crippen LogP contribution in [-0.4, -0.2) is 23.6 Å². The molecule has 0 N–H and O–H groups in total. The van der Waals surface area contributed by atoms with Crippen LogP contribution in [0.2, 0.25) is 0 Å². The van der Waals surface area contributed by atoms with Crippen molar-refractivity contribution in [2.45, 2.75) is 32.9 Å². The molecule has 0 aliphatic carbocycles. The first-order chi connectivity index (χ1) is 7.28. The second-order valence-corrected chi connectivity index (χ2v) is 6.48. The molecule has 0 aromatic carbocycles. The first kappa shape index (κ1) is 13.5. The van der Waals surface area contributed by atoms with E-state index in [4.69, 9.17) is 4.74 Å². The third-order valence-corrected chi connectivity index (χ3v) is 3.40. The topological polar surface area (TPSA) is 29.5 Å². The summed E-state index contributed by atoms with van der Waals surface area (Å²) in [5.41, 5.74) is -0.443. The van der Waals surface area contributed by atoms with Crippen molar-refractivity contribution in [2.24, 2.45) is 0 Å². The highest BCUT2D eigenvalue weighted by Gasteiger charge is 2.19. The minimum atomic E-state index is -0.443. The fraction of sp³-hybridized carbons (Fsp3) is 0.545. The van der Waals surface area contributed by atoms with Gasteiger partial charge in [-0.2, -0.15) is 0 Å². The Morgan fingerprint density at radius 1 is 1.56 bits per heavy atom. The van der Waals surface area contributed by atoms with Crippen LogP contribution in [0.4, 0.5) is 4.79 Å². The molecule has 1 aromatic heterocycles. The molecule has 0 radical (unpaired) electrons. The van der Waals surface area contributed by atoms with Gasteiger partial charge in [0.1, 0.15) is 5.60 Å². The van der Waals surface area contributed by atoms with Gasteiger partial charge in [-0.05, 0) is 42.8 Å². The van der Waals surface area contributed by atoms with Crippen LogP contribution in [0, 0.1) is 0 Å². The predicted molar refractivity (Wildman–Crippen MR) is 69.7 cm³/mol. The van der Waals surface area contributed by atoms with E-state index >= 15 is 0 Å². The average molecular weight is 306 g/mol. The predicted octanol–water partition coefficient (Wildman–Crippen LogP) is 3.88. The Kier molecular flexibility index (Phi) is 4.38. The summed E-state index contributed by atoms with van der Waals surface area (Å²) in [7, 11) is 1.74. The lowest BCUT2D eigenvalue weighted by Gasteiger charge is -2.24. The van der Waals surface area contributed by atoms with Crippen LogP contribution in [0.1, 0.15) is 25.6 Å². The van der Waals surface area contributed by atoms with Gasteiger partial charge in [0.25, 0.3) is 0 Å². The Bertz CT molecular complexity index is 370. The van der Waals surface area contributed by atoms with Crippen LogP contribution in [0.15, 0.2) is 15.9 Å². The molecule has 1 aromatic rings. The van der Waals surface area contributed by atoms with E-state index in [0.29, 0.717) is 6.54 Å². The minimum Gasteiger partial charge on any atom is -0.444 e. The molecule has 0 saturated carbocycles. The highest BCUT2D eigenvalue weighted by molar-refractivity contribution is 9.10. The zero-order chi connectivity index (χ0) is 12.3. The van der Waals surface area contributed by atoms with E-state index in [9.17, 15) is 4.79 Å². The zero-order valence-corrected chi connectivity index (χ0v) is 12.3. The quantitative estimate of drug-likeness (QED) is 0.830. The van der Waals surface area contributed by atoms with Crippen molar-refractivity contribution in [2.75, 3.05) is 7.05 Å². The van der Waals surface area contributed by atoms with Crippen molar-refractivity contribution in [1.82, 2.24) is 4.90 Å². The maximum atomic E-state index is 11.7. The summed E-state index contributed by atoms with van der Waals surface area (Å²) in [5, 5.41) is 2.00. The number of thiophene rings is 1. The molecule has 16 heavy (non-hydrogen) atoms. The smallest absolute Gasteiger partial charge is 0.410 e. The van der Waals surface area contributed by atoms with Crippen LogP contribution >= 0.6 is 27.3 Å². The maximum absolute atomic E-state index is 11.7. The van der Waals surface area contributed by atoms with Crippen LogP contribution < -0.4 is 0 Å². The Morgan fingerprint density at radius 2 is 2.19 bits per heavy atom. The van der Waals surface area contributed by atoms with Gasteiger partial charge in [-0.3, -0.25) is 0 Å². The number of hydrogen-bond acceptors (Lipinski definition) is 3. The molecular weight excluding hydrogens is 290 g/mol. The molecular formula is C11H16BrNO2S. The molecule has 90 valence electrons. The van der Waals surface area contributed by atoms with E-state index in [1.807, 2.05) is 32.2 Å². The lowest BCUT2D eigenvalue weighted by Crippen LogP contribution is -2.33. The lowest BCUT2D eigenvalue weighted by molar-refractivity contribution is 0.0287. The molecule has 5 heteroatoms. The van der Waals surface area contributed by atoms with Gasteiger partial charge in [0.2, 0.25) is 0 Å². The second kappa shape index (κ2) is 5.19. The van der Waals surface area contributed by atoms with Gasteiger partial charge in [-0.1, -0.05) is 0 Å². The first-order valence-electron chi connectivity index (χ1n) is 4.95. The first-order valence-corrected chi connectivity index (χ1v) is 6.62. The number of rotatable bonds is 2. The summed E-state index contributed by atoms with van der Waals surface area (Å²) in [5.74, 6) is 0. The van der Waals surface area contributed by atoms with Crippen molar-refractivity contribution in [3.05, 3.63) is 20.8 Å². The summed E-state index contributed by atoms with van der Waals surface area (Å²) < 4.78 is 6.30. The van der Waals surface area contributed by atoms with Crippen LogP contribution in [0.25, 0.3) is 0 Å². The van der Waals surface area contributed by atoms with Crippen molar-refractivity contribution >= 4 is 33.4 Å². The SMILES string of the molecule is CN(Cc1cc(Br)cs1)C(=O)OC(C)(C)C. The van der Waals surface area contributed by atoms with Crippen LogP contribution in [0.3, 0.4) is 0 Å². The summed E-state index contributed by atoms with van der Waals surface area (Å²) in [4.78, 5) is 14.4. The molecule has 3 nitrogen and oxygen atoms in total. The van der Waals surface area contributed by atoms with Gasteiger partial charge in [-0.15, -0.1) is 11.3 Å². The molecule has 0 aliphatic rings. The molecule has 0 fully saturated rings. The fourth-order valence-corrected chi connectivity index (χ4v) is 2.58. The normalized spacial score (nSPS) is 11.3. The zero-order valence-electron chi connectivity index (χ0n) is 9.91. The van der Waals surface area contributed by atoms with Crippen molar-refractivity contribution < 1.29 is 9.53 Å². The second-order valence-electron chi connectivity index (χ2n) is 4.57. The number of halogens is 1. The van der Waals surface area contributed by atoms with Gasteiger partial charge in [-0.25, -0.2) is 4.79 Å². The summed E-state index contributed by atoms with van der Waals surface area (Å²) >= 11 is 5.00. The highest BCUT2D eigenvalue weighted by Crippen LogP contribution is 2.21. The Labute approximate surface area is 109 Å². The van der Waals surface area contributed by atoms with Gasteiger partial charge in [0, 0.05) is 21.8 Å². The molecule has 0 saturated heterocycles. The number of amides is 1. The number of carbonyl (C=O) groups excluding carboxylic acids is 1. The Morgan fingerprint density at radius 3 is 2.62 bits per heavy atom. The average Bonchev–Trinajstić information content (AvgIpc) is 2.48. The van der Waals surface area contributed by atoms with E-state index in [0.717, 1.165) is 9.35 Å². The summed E-state index contributed by atoms with van der Waals surface area (Å²) in [6.07, 6.45) is -0.294. The van der Waals surface area contributed by atoms with Gasteiger partial charge in [0.05, 0.1) is 6.54 Å². The Hall–Kier alpha value is -0.550. The number of hydrogen-bond donors (Lipinski definition) is 0. The summed E-state index contributed by atoms with van der Waals surface area (Å²) in [6.45, 7) is 6.16. The fourth-order valence-electron chi connectivity index (χ4n) is 1.07. The third-order valence-electron chi connectivity index (χ3n) is 1.72. The molecule has 1 amide bonds. The Balaban J connectivity index is 2.52. The standard InChI is InChI=1S/C11H16BrNO2S/c1-11(2,3)15-10(14)13(4)6-9-5-8(12)7-16-9/h5,7H,6H2,1-4H3. The summed E-state index contributed by atoms with van der Waals surface area (Å²) in [6, 6.07) is 2.01.